The van der Waals surface area contributed by atoms with E-state index in [9.17, 15) is 4.79 Å². The summed E-state index contributed by atoms with van der Waals surface area (Å²) >= 11 is 6.07. The molecule has 0 atom stereocenters. The minimum atomic E-state index is -0.560. The minimum absolute atomic E-state index is 0.452. The predicted octanol–water partition coefficient (Wildman–Crippen LogP) is 4.22. The van der Waals surface area contributed by atoms with Gasteiger partial charge >= 0.3 is 6.09 Å². The van der Waals surface area contributed by atoms with Crippen molar-refractivity contribution in [1.29, 1.82) is 0 Å². The largest absolute Gasteiger partial charge is 0.432 e. The van der Waals surface area contributed by atoms with Crippen molar-refractivity contribution in [2.45, 2.75) is 13.0 Å². The lowest BCUT2D eigenvalue weighted by Gasteiger charge is -2.25. The molecule has 4 aromatic rings. The van der Waals surface area contributed by atoms with E-state index in [1.807, 2.05) is 42.5 Å². The third kappa shape index (κ3) is 2.90. The molecular weight excluding hydrogens is 366 g/mol. The van der Waals surface area contributed by atoms with Gasteiger partial charge in [0.05, 0.1) is 12.1 Å². The minimum Gasteiger partial charge on any atom is -0.357 e. The summed E-state index contributed by atoms with van der Waals surface area (Å²) in [6.07, 6.45) is 0.227. The third-order valence-corrected chi connectivity index (χ3v) is 5.04. The molecule has 7 nitrogen and oxygen atoms in total. The van der Waals surface area contributed by atoms with Crippen LogP contribution in [0, 0.1) is 0 Å². The van der Waals surface area contributed by atoms with E-state index in [1.165, 1.54) is 10.9 Å². The number of benzene rings is 2. The van der Waals surface area contributed by atoms with E-state index in [2.05, 4.69) is 20.5 Å². The molecule has 0 spiro atoms. The summed E-state index contributed by atoms with van der Waals surface area (Å²) in [6.45, 7) is 1.12. The SMILES string of the molecule is O=C(Nc1n[nH]c2ccccc12)ON1CCc2c([nH]c3cc(Cl)ccc23)C1. The van der Waals surface area contributed by atoms with Crippen LogP contribution in [0.2, 0.25) is 5.02 Å². The highest BCUT2D eigenvalue weighted by Gasteiger charge is 2.23. The molecule has 0 bridgehead atoms. The van der Waals surface area contributed by atoms with Crippen LogP contribution in [-0.4, -0.2) is 32.9 Å². The van der Waals surface area contributed by atoms with Crippen molar-refractivity contribution in [2.75, 3.05) is 11.9 Å². The standard InChI is InChI=1S/C19H16ClN5O2/c20-11-5-6-12-13-7-8-25(10-17(13)21-16(12)9-11)27-19(26)22-18-14-3-1-2-4-15(14)23-24-18/h1-6,9,21H,7-8,10H2,(H2,22,23,24,26). The van der Waals surface area contributed by atoms with E-state index >= 15 is 0 Å². The maximum absolute atomic E-state index is 12.3. The molecule has 1 amide bonds. The van der Waals surface area contributed by atoms with Gasteiger partial charge in [0.25, 0.3) is 0 Å². The first-order chi connectivity index (χ1) is 13.2. The zero-order valence-electron chi connectivity index (χ0n) is 14.3. The van der Waals surface area contributed by atoms with Crippen LogP contribution in [-0.2, 0) is 17.8 Å². The molecule has 3 heterocycles. The van der Waals surface area contributed by atoms with Crippen molar-refractivity contribution >= 4 is 45.3 Å². The van der Waals surface area contributed by atoms with Crippen LogP contribution in [0.3, 0.4) is 0 Å². The Kier molecular flexibility index (Phi) is 3.77. The second-order valence-electron chi connectivity index (χ2n) is 6.51. The van der Waals surface area contributed by atoms with Gasteiger partial charge in [0.1, 0.15) is 0 Å². The lowest BCUT2D eigenvalue weighted by molar-refractivity contribution is -0.106. The number of rotatable bonds is 2. The van der Waals surface area contributed by atoms with E-state index in [-0.39, 0.29) is 0 Å². The van der Waals surface area contributed by atoms with Crippen molar-refractivity contribution in [1.82, 2.24) is 20.2 Å². The summed E-state index contributed by atoms with van der Waals surface area (Å²) in [5, 5.41) is 14.0. The van der Waals surface area contributed by atoms with E-state index in [0.717, 1.165) is 28.5 Å². The number of amides is 1. The second-order valence-corrected chi connectivity index (χ2v) is 6.94. The molecule has 3 N–H and O–H groups in total. The second kappa shape index (κ2) is 6.29. The Balaban J connectivity index is 1.30. The number of anilines is 1. The molecule has 2 aromatic carbocycles. The number of aromatic nitrogens is 3. The molecule has 0 unspecified atom stereocenters. The van der Waals surface area contributed by atoms with E-state index in [4.69, 9.17) is 16.4 Å². The van der Waals surface area contributed by atoms with Gasteiger partial charge in [-0.05, 0) is 36.2 Å². The van der Waals surface area contributed by atoms with Gasteiger partial charge in [-0.1, -0.05) is 29.8 Å². The number of halogens is 1. The highest BCUT2D eigenvalue weighted by molar-refractivity contribution is 6.31. The van der Waals surface area contributed by atoms with E-state index < -0.39 is 6.09 Å². The summed E-state index contributed by atoms with van der Waals surface area (Å²) < 4.78 is 0. The molecule has 1 aliphatic rings. The fourth-order valence-corrected chi connectivity index (χ4v) is 3.74. The van der Waals surface area contributed by atoms with Gasteiger partial charge in [-0.25, -0.2) is 4.79 Å². The Hall–Kier alpha value is -3.03. The maximum Gasteiger partial charge on any atom is 0.432 e. The number of hydrogen-bond acceptors (Lipinski definition) is 4. The monoisotopic (exact) mass is 381 g/mol. The Bertz CT molecular complexity index is 1170. The summed E-state index contributed by atoms with van der Waals surface area (Å²) in [5.41, 5.74) is 4.14. The fourth-order valence-electron chi connectivity index (χ4n) is 3.57. The Morgan fingerprint density at radius 2 is 2.07 bits per heavy atom. The van der Waals surface area contributed by atoms with Crippen LogP contribution < -0.4 is 5.32 Å². The Morgan fingerprint density at radius 1 is 1.19 bits per heavy atom. The van der Waals surface area contributed by atoms with Crippen LogP contribution in [0.5, 0.6) is 0 Å². The molecular formula is C19H16ClN5O2. The number of para-hydroxylation sites is 1. The number of nitrogens with one attached hydrogen (secondary N) is 3. The molecule has 1 aliphatic heterocycles. The first-order valence-corrected chi connectivity index (χ1v) is 9.01. The zero-order valence-corrected chi connectivity index (χ0v) is 15.0. The summed E-state index contributed by atoms with van der Waals surface area (Å²) in [4.78, 5) is 21.1. The van der Waals surface area contributed by atoms with E-state index in [1.54, 1.807) is 5.06 Å². The Labute approximate surface area is 159 Å². The van der Waals surface area contributed by atoms with Crippen LogP contribution in [0.15, 0.2) is 42.5 Å². The smallest absolute Gasteiger partial charge is 0.357 e. The lowest BCUT2D eigenvalue weighted by Crippen LogP contribution is -2.34. The van der Waals surface area contributed by atoms with Crippen molar-refractivity contribution in [3.63, 3.8) is 0 Å². The topological polar surface area (TPSA) is 86.0 Å². The molecule has 5 rings (SSSR count). The first-order valence-electron chi connectivity index (χ1n) is 8.63. The normalized spacial score (nSPS) is 14.4. The number of hydroxylamine groups is 2. The lowest BCUT2D eigenvalue weighted by atomic mass is 10.0. The number of carbonyl (C=O) groups is 1. The van der Waals surface area contributed by atoms with Gasteiger partial charge in [0.2, 0.25) is 0 Å². The van der Waals surface area contributed by atoms with E-state index in [0.29, 0.717) is 23.9 Å². The molecule has 8 heteroatoms. The molecule has 136 valence electrons. The summed E-state index contributed by atoms with van der Waals surface area (Å²) in [6, 6.07) is 13.4. The van der Waals surface area contributed by atoms with Gasteiger partial charge < -0.3 is 9.82 Å². The molecule has 0 saturated carbocycles. The number of hydrogen-bond donors (Lipinski definition) is 3. The van der Waals surface area contributed by atoms with Crippen molar-refractivity contribution in [2.24, 2.45) is 0 Å². The number of fused-ring (bicyclic) bond motifs is 4. The molecule has 0 saturated heterocycles. The van der Waals surface area contributed by atoms with Crippen molar-refractivity contribution < 1.29 is 9.63 Å². The quantitative estimate of drug-likeness (QED) is 0.485. The van der Waals surface area contributed by atoms with Crippen molar-refractivity contribution in [3.8, 4) is 0 Å². The molecule has 27 heavy (non-hydrogen) atoms. The number of aromatic amines is 2. The van der Waals surface area contributed by atoms with Gasteiger partial charge in [0, 0.05) is 33.6 Å². The number of carbonyl (C=O) groups excluding carboxylic acids is 1. The Morgan fingerprint density at radius 3 is 3.00 bits per heavy atom. The van der Waals surface area contributed by atoms with Gasteiger partial charge in [0.15, 0.2) is 5.82 Å². The number of nitrogens with zero attached hydrogens (tertiary/aromatic N) is 2. The zero-order chi connectivity index (χ0) is 18.4. The summed E-state index contributed by atoms with van der Waals surface area (Å²) in [5.74, 6) is 0.452. The highest BCUT2D eigenvalue weighted by Crippen LogP contribution is 2.29. The average Bonchev–Trinajstić information content (AvgIpc) is 3.22. The fraction of sp³-hybridized carbons (Fsp3) is 0.158. The first kappa shape index (κ1) is 16.2. The molecule has 0 radical (unpaired) electrons. The van der Waals surface area contributed by atoms with Gasteiger partial charge in [-0.2, -0.15) is 5.10 Å². The number of H-pyrrole nitrogens is 2. The third-order valence-electron chi connectivity index (χ3n) is 4.81. The van der Waals surface area contributed by atoms with Crippen molar-refractivity contribution in [3.05, 3.63) is 58.7 Å². The summed E-state index contributed by atoms with van der Waals surface area (Å²) in [7, 11) is 0. The van der Waals surface area contributed by atoms with Crippen LogP contribution in [0.25, 0.3) is 21.8 Å². The van der Waals surface area contributed by atoms with Crippen LogP contribution in [0.1, 0.15) is 11.3 Å². The van der Waals surface area contributed by atoms with Crippen LogP contribution >= 0.6 is 11.6 Å². The van der Waals surface area contributed by atoms with Crippen LogP contribution in [0.4, 0.5) is 10.6 Å². The molecule has 2 aromatic heterocycles. The van der Waals surface area contributed by atoms with Gasteiger partial charge in [-0.3, -0.25) is 10.4 Å². The highest BCUT2D eigenvalue weighted by atomic mass is 35.5. The van der Waals surface area contributed by atoms with Gasteiger partial charge in [-0.15, -0.1) is 5.06 Å². The molecule has 0 aliphatic carbocycles. The predicted molar refractivity (Wildman–Crippen MR) is 104 cm³/mol. The maximum atomic E-state index is 12.3. The average molecular weight is 382 g/mol. The molecule has 0 fully saturated rings.